The van der Waals surface area contributed by atoms with Crippen LogP contribution in [0.25, 0.3) is 109 Å². The predicted octanol–water partition coefficient (Wildman–Crippen LogP) is 15.6. The van der Waals surface area contributed by atoms with Gasteiger partial charge in [-0.05, 0) is 88.6 Å². The molecule has 3 aromatic heterocycles. The van der Waals surface area contributed by atoms with E-state index in [2.05, 4.69) is 0 Å². The maximum atomic E-state index is 10.2. The molecule has 0 radical (unpaired) electrons. The Morgan fingerprint density at radius 1 is 0.362 bits per heavy atom. The van der Waals surface area contributed by atoms with E-state index in [4.69, 9.17) is 23.3 Å². The van der Waals surface area contributed by atoms with Crippen molar-refractivity contribution in [1.29, 1.82) is 0 Å². The van der Waals surface area contributed by atoms with Crippen molar-refractivity contribution in [1.82, 2.24) is 9.13 Å². The Kier molecular flexibility index (Phi) is 3.12. The monoisotopic (exact) mass is 789 g/mol. The van der Waals surface area contributed by atoms with Gasteiger partial charge in [-0.3, -0.25) is 0 Å². The lowest BCUT2D eigenvalue weighted by molar-refractivity contribution is 1.17. The van der Waals surface area contributed by atoms with E-state index >= 15 is 0 Å². The number of benzene rings is 9. The first-order chi connectivity index (χ1) is 42.4. The summed E-state index contributed by atoms with van der Waals surface area (Å²) in [6, 6.07) is -30.0. The van der Waals surface area contributed by atoms with Gasteiger partial charge in [0.1, 0.15) is 0 Å². The number of thiophene rings is 1. The van der Waals surface area contributed by atoms with Gasteiger partial charge in [-0.1, -0.05) is 157 Å². The Labute approximate surface area is 386 Å². The molecule has 0 saturated heterocycles. The third-order valence-corrected chi connectivity index (χ3v) is 10.8. The summed E-state index contributed by atoms with van der Waals surface area (Å²) in [4.78, 5) is 0. The van der Waals surface area contributed by atoms with E-state index in [9.17, 15) is 21.9 Å². The molecule has 12 rings (SSSR count). The van der Waals surface area contributed by atoms with Crippen LogP contribution in [0.2, 0.25) is 0 Å². The lowest BCUT2D eigenvalue weighted by Gasteiger charge is -2.12. The van der Waals surface area contributed by atoms with Crippen molar-refractivity contribution in [3.05, 3.63) is 205 Å². The molecule has 58 heavy (non-hydrogen) atoms. The summed E-state index contributed by atoms with van der Waals surface area (Å²) in [7, 11) is 0. The van der Waals surface area contributed by atoms with E-state index in [1.807, 2.05) is 0 Å². The first-order valence-corrected chi connectivity index (χ1v) is 18.1. The molecule has 12 aromatic rings. The van der Waals surface area contributed by atoms with Gasteiger partial charge >= 0.3 is 0 Å². The van der Waals surface area contributed by atoms with Gasteiger partial charge in [0.2, 0.25) is 0 Å². The minimum absolute atomic E-state index is 0.104. The van der Waals surface area contributed by atoms with E-state index < -0.39 is 299 Å². The van der Waals surface area contributed by atoms with Gasteiger partial charge in [0.15, 0.2) is 0 Å². The minimum Gasteiger partial charge on any atom is -0.309 e. The highest BCUT2D eigenvalue weighted by Crippen LogP contribution is 2.46. The van der Waals surface area contributed by atoms with Crippen molar-refractivity contribution in [3.8, 4) is 44.8 Å². The molecule has 3 heteroatoms. The summed E-state index contributed by atoms with van der Waals surface area (Å²) in [5.74, 6) is 0. The van der Waals surface area contributed by atoms with E-state index in [0.717, 1.165) is 9.13 Å². The fourth-order valence-corrected chi connectivity index (χ4v) is 8.30. The van der Waals surface area contributed by atoms with Gasteiger partial charge in [0.05, 0.1) is 67.3 Å². The fourth-order valence-electron chi connectivity index (χ4n) is 7.07. The molecule has 272 valence electrons. The van der Waals surface area contributed by atoms with Crippen molar-refractivity contribution in [2.24, 2.45) is 0 Å². The van der Waals surface area contributed by atoms with Crippen LogP contribution >= 0.6 is 11.3 Å². The Balaban J connectivity index is 1.29. The largest absolute Gasteiger partial charge is 0.309 e. The Morgan fingerprint density at radius 2 is 0.845 bits per heavy atom. The molecule has 0 unspecified atom stereocenters. The summed E-state index contributed by atoms with van der Waals surface area (Å²) in [6.45, 7) is 1.29. The van der Waals surface area contributed by atoms with Gasteiger partial charge in [0.25, 0.3) is 0 Å². The van der Waals surface area contributed by atoms with Crippen LogP contribution in [0.4, 0.5) is 0 Å². The molecule has 9 aromatic carbocycles. The van der Waals surface area contributed by atoms with Crippen LogP contribution in [-0.2, 0) is 0 Å². The molecule has 0 aliphatic rings. The highest BCUT2D eigenvalue weighted by molar-refractivity contribution is 7.26. The maximum absolute atomic E-state index is 10.2. The third kappa shape index (κ3) is 4.97. The molecule has 0 saturated carbocycles. The molecule has 0 atom stereocenters. The van der Waals surface area contributed by atoms with Gasteiger partial charge in [-0.25, -0.2) is 0 Å². The van der Waals surface area contributed by atoms with Gasteiger partial charge < -0.3 is 9.13 Å². The van der Waals surface area contributed by atoms with Crippen molar-refractivity contribution in [2.45, 2.75) is 6.92 Å². The smallest absolute Gasteiger partial charge is 0.0651 e. The Hall–Kier alpha value is -7.20. The number of aromatic nitrogens is 2. The lowest BCUT2D eigenvalue weighted by atomic mass is 10.00. The SMILES string of the molecule is [2H]c1c([2H])c([2H])c(-c2c([2H])c([2H])c([2H])c3c2sc2c(-c4c([2H])c([2H])c([2H])c(-n5c6c([2H])c([2H])c([2H])c([2H])c6c6c7c8c([2H])c([2H])c([2H])c([2H])c8n(-c8c([2H])c([2H])c(-c9c([2H])c([2H])c(C)c([2H])c9[2H])c([2H])c8[2H])c7c([2H])c([2H])c65)c4[2H])c([2H])c([2H])c([2H])c23)c([2H])c1[2H]. The summed E-state index contributed by atoms with van der Waals surface area (Å²) >= 11 is 0.508. The number of hydrogen-bond donors (Lipinski definition) is 0. The topological polar surface area (TPSA) is 9.86 Å². The summed E-state index contributed by atoms with van der Waals surface area (Å²) in [5, 5.41) is -3.21. The van der Waals surface area contributed by atoms with E-state index in [0.29, 0.717) is 11.3 Å². The maximum Gasteiger partial charge on any atom is 0.0651 e. The molecule has 0 bridgehead atoms. The quantitative estimate of drug-likeness (QED) is 0.164. The number of fused-ring (bicyclic) bond motifs is 10. The predicted molar refractivity (Wildman–Crippen MR) is 249 cm³/mol. The summed E-state index contributed by atoms with van der Waals surface area (Å²) in [6.07, 6.45) is 0. The second kappa shape index (κ2) is 12.9. The number of nitrogens with zero attached hydrogens (tertiary/aromatic N) is 2. The third-order valence-electron chi connectivity index (χ3n) is 9.54. The zero-order chi connectivity index (χ0) is 67.0. The van der Waals surface area contributed by atoms with E-state index in [1.165, 1.54) is 6.92 Å². The van der Waals surface area contributed by atoms with Crippen LogP contribution in [0.1, 0.15) is 50.8 Å². The van der Waals surface area contributed by atoms with E-state index in [1.54, 1.807) is 0 Å². The zero-order valence-electron chi connectivity index (χ0n) is 62.3. The van der Waals surface area contributed by atoms with Crippen LogP contribution < -0.4 is 0 Å². The Bertz CT molecular complexity index is 5440. The van der Waals surface area contributed by atoms with Crippen molar-refractivity contribution in [3.63, 3.8) is 0 Å². The van der Waals surface area contributed by atoms with Crippen molar-refractivity contribution >= 4 is 75.1 Å². The number of hydrogen-bond acceptors (Lipinski definition) is 1. The van der Waals surface area contributed by atoms with Crippen molar-refractivity contribution in [2.75, 3.05) is 0 Å². The molecule has 0 fully saturated rings. The highest BCUT2D eigenvalue weighted by Gasteiger charge is 2.21. The average Bonchev–Trinajstić information content (AvgIpc) is 1.52. The van der Waals surface area contributed by atoms with Crippen LogP contribution in [0.3, 0.4) is 0 Å². The van der Waals surface area contributed by atoms with Crippen LogP contribution in [0.5, 0.6) is 0 Å². The number of rotatable bonds is 5. The average molecular weight is 790 g/mol. The molecular weight excluding hydrogens is 721 g/mol. The molecule has 2 nitrogen and oxygen atoms in total. The van der Waals surface area contributed by atoms with Gasteiger partial charge in [0, 0.05) is 53.1 Å². The zero-order valence-corrected chi connectivity index (χ0v) is 30.1. The van der Waals surface area contributed by atoms with Crippen LogP contribution in [0, 0.1) is 6.92 Å². The molecule has 3 heterocycles. The standard InChI is InChI=1S/C55H36N2S/c1-35-24-26-36(27-25-35)37-28-30-40(31-29-37)56-48-22-7-5-16-46(48)52-50(56)32-33-51-53(52)47-17-6-8-23-49(47)57(51)41-15-9-14-39(34-41)43-19-11-21-45-44-20-10-18-42(54(44)58-55(43)45)38-12-3-2-4-13-38/h2-34H,1H3/i2D,3D,4D,5D,6D,7D,8D,9D,10D,11D,12D,13D,14D,15D,16D,17D,18D,19D,20D,21D,22D,23D,24D,25D,26D,27D,28D,29D,30D,31D,32D,33D,34D. The molecule has 0 amide bonds. The van der Waals surface area contributed by atoms with Crippen LogP contribution in [0.15, 0.2) is 199 Å². The fraction of sp³-hybridized carbons (Fsp3) is 0.0182. The summed E-state index contributed by atoms with van der Waals surface area (Å²) in [5.41, 5.74) is -8.66. The summed E-state index contributed by atoms with van der Waals surface area (Å²) < 4.78 is 303. The molecular formula is C55H36N2S. The molecule has 0 aliphatic carbocycles. The Morgan fingerprint density at radius 3 is 1.47 bits per heavy atom. The molecule has 0 N–H and O–H groups in total. The first kappa shape index (κ1) is 14.0. The lowest BCUT2D eigenvalue weighted by Crippen LogP contribution is -1.95. The first-order valence-electron chi connectivity index (χ1n) is 33.7. The molecule has 0 spiro atoms. The van der Waals surface area contributed by atoms with Crippen LogP contribution in [-0.4, -0.2) is 9.13 Å². The highest BCUT2D eigenvalue weighted by atomic mass is 32.1. The minimum atomic E-state index is -1.09. The van der Waals surface area contributed by atoms with Gasteiger partial charge in [-0.2, -0.15) is 0 Å². The normalized spacial score (nSPS) is 19.8. The van der Waals surface area contributed by atoms with E-state index in [-0.39, 0.29) is 15.0 Å². The van der Waals surface area contributed by atoms with Gasteiger partial charge in [-0.15, -0.1) is 11.3 Å². The second-order valence-corrected chi connectivity index (χ2v) is 13.8. The second-order valence-electron chi connectivity index (χ2n) is 12.8. The molecule has 0 aliphatic heterocycles. The number of para-hydroxylation sites is 2. The van der Waals surface area contributed by atoms with Crippen molar-refractivity contribution < 1.29 is 45.2 Å².